The topological polar surface area (TPSA) is 141 Å². The monoisotopic (exact) mass is 896 g/mol. The minimum absolute atomic E-state index is 0.0557. The highest BCUT2D eigenvalue weighted by Gasteiger charge is 2.49. The SMILES string of the molecule is COCOc1cc(-c2ncc3c(OCc4ccccc4)nc(OC[C@@]45CCCN4C[C@H](F)C5)nc3c2F)c2c(CCCOC3CC(C#N)CCN(C(=O)OC(C)(C)C)C3)c(F)ccc2c1. The number of nitriles is 1. The molecule has 16 heteroatoms. The normalized spacial score (nSPS) is 21.3. The molecule has 3 aromatic carbocycles. The maximum Gasteiger partial charge on any atom is 0.410 e. The van der Waals surface area contributed by atoms with E-state index in [0.29, 0.717) is 60.9 Å². The number of carbonyl (C=O) groups excluding carboxylic acids is 1. The van der Waals surface area contributed by atoms with Gasteiger partial charge in [-0.1, -0.05) is 36.4 Å². The van der Waals surface area contributed by atoms with Gasteiger partial charge in [0.1, 0.15) is 47.8 Å². The van der Waals surface area contributed by atoms with Crippen LogP contribution in [0.1, 0.15) is 70.4 Å². The van der Waals surface area contributed by atoms with E-state index >= 15 is 8.78 Å². The molecule has 3 aliphatic rings. The molecule has 13 nitrogen and oxygen atoms in total. The number of rotatable bonds is 15. The number of fused-ring (bicyclic) bond motifs is 3. The largest absolute Gasteiger partial charge is 0.472 e. The first-order valence-electron chi connectivity index (χ1n) is 22.2. The predicted molar refractivity (Wildman–Crippen MR) is 236 cm³/mol. The van der Waals surface area contributed by atoms with Crippen LogP contribution in [0.15, 0.2) is 60.8 Å². The Kier molecular flexibility index (Phi) is 13.9. The lowest BCUT2D eigenvalue weighted by Gasteiger charge is -2.30. The van der Waals surface area contributed by atoms with Crippen molar-refractivity contribution in [3.63, 3.8) is 0 Å². The molecule has 0 saturated carbocycles. The Bertz CT molecular complexity index is 2540. The van der Waals surface area contributed by atoms with Crippen molar-refractivity contribution in [1.29, 1.82) is 5.26 Å². The number of halogens is 3. The van der Waals surface area contributed by atoms with E-state index in [9.17, 15) is 14.4 Å². The van der Waals surface area contributed by atoms with Crippen LogP contribution in [0.3, 0.4) is 0 Å². The number of likely N-dealkylation sites (tertiary alicyclic amines) is 1. The molecule has 1 amide bonds. The molecule has 3 aliphatic heterocycles. The van der Waals surface area contributed by atoms with E-state index in [4.69, 9.17) is 28.4 Å². The molecule has 0 spiro atoms. The molecule has 0 radical (unpaired) electrons. The molecule has 0 N–H and O–H groups in total. The molecule has 0 bridgehead atoms. The van der Waals surface area contributed by atoms with E-state index in [2.05, 4.69) is 25.9 Å². The Morgan fingerprint density at radius 1 is 1.03 bits per heavy atom. The average Bonchev–Trinajstić information content (AvgIpc) is 3.72. The number of ether oxygens (including phenoxy) is 6. The van der Waals surface area contributed by atoms with Crippen molar-refractivity contribution >= 4 is 27.8 Å². The molecular weight excluding hydrogens is 842 g/mol. The standard InChI is InChI=1S/C49H55F3N6O7/c1-48(2,3)65-47(59)57-18-15-32(24-53)20-36(27-57)61-19-8-12-37-40(51)14-13-33-21-35(64-30-60-4)22-38(41(33)37)43-42(52)44-39(25-54-43)45(62-28-31-10-6-5-7-11-31)56-46(55-44)63-29-49-16-9-17-58(49)26-34(50)23-49/h5-7,10-11,13-14,21-22,25,32,34,36H,8-9,12,15-20,23,26-30H2,1-4H3/t32?,34-,36?,49+/m1/s1. The van der Waals surface area contributed by atoms with Gasteiger partial charge in [0.25, 0.3) is 0 Å². The molecule has 8 rings (SSSR count). The summed E-state index contributed by atoms with van der Waals surface area (Å²) in [5, 5.41) is 11.0. The summed E-state index contributed by atoms with van der Waals surface area (Å²) in [6.07, 6.45) is 3.06. The number of hydrogen-bond acceptors (Lipinski definition) is 12. The van der Waals surface area contributed by atoms with Crippen molar-refractivity contribution in [2.24, 2.45) is 5.92 Å². The summed E-state index contributed by atoms with van der Waals surface area (Å²) < 4.78 is 83.7. The van der Waals surface area contributed by atoms with Crippen LogP contribution >= 0.6 is 0 Å². The molecule has 5 aromatic rings. The number of pyridine rings is 1. The highest BCUT2D eigenvalue weighted by atomic mass is 19.1. The fourth-order valence-corrected chi connectivity index (χ4v) is 9.26. The second kappa shape index (κ2) is 19.8. The summed E-state index contributed by atoms with van der Waals surface area (Å²) in [6.45, 7) is 7.47. The summed E-state index contributed by atoms with van der Waals surface area (Å²) in [4.78, 5) is 30.5. The lowest BCUT2D eigenvalue weighted by atomic mass is 9.93. The second-order valence-electron chi connectivity index (χ2n) is 18.2. The van der Waals surface area contributed by atoms with Crippen LogP contribution in [-0.2, 0) is 27.2 Å². The summed E-state index contributed by atoms with van der Waals surface area (Å²) in [6, 6.07) is 17.9. The molecule has 344 valence electrons. The third-order valence-corrected chi connectivity index (χ3v) is 12.3. The van der Waals surface area contributed by atoms with Crippen molar-refractivity contribution in [3.05, 3.63) is 83.6 Å². The smallest absolute Gasteiger partial charge is 0.410 e. The fourth-order valence-electron chi connectivity index (χ4n) is 9.26. The number of alkyl halides is 1. The number of amides is 1. The molecular formula is C49H55F3N6O7. The molecule has 65 heavy (non-hydrogen) atoms. The van der Waals surface area contributed by atoms with Gasteiger partial charge in [-0.05, 0) is 106 Å². The van der Waals surface area contributed by atoms with E-state index in [1.807, 2.05) is 30.3 Å². The highest BCUT2D eigenvalue weighted by molar-refractivity contribution is 6.01. The Morgan fingerprint density at radius 2 is 1.86 bits per heavy atom. The van der Waals surface area contributed by atoms with Crippen molar-refractivity contribution in [1.82, 2.24) is 24.8 Å². The number of benzene rings is 3. The number of hydrogen-bond donors (Lipinski definition) is 0. The Morgan fingerprint density at radius 3 is 2.65 bits per heavy atom. The molecule has 5 heterocycles. The van der Waals surface area contributed by atoms with Crippen molar-refractivity contribution < 1.29 is 46.4 Å². The summed E-state index contributed by atoms with van der Waals surface area (Å²) >= 11 is 0. The van der Waals surface area contributed by atoms with Gasteiger partial charge in [0.05, 0.1) is 35.6 Å². The molecule has 2 unspecified atom stereocenters. The van der Waals surface area contributed by atoms with Crippen LogP contribution in [0.2, 0.25) is 0 Å². The van der Waals surface area contributed by atoms with Gasteiger partial charge in [0.2, 0.25) is 5.88 Å². The van der Waals surface area contributed by atoms with Crippen LogP contribution in [0, 0.1) is 28.9 Å². The van der Waals surface area contributed by atoms with Gasteiger partial charge in [-0.25, -0.2) is 18.0 Å². The minimum Gasteiger partial charge on any atom is -0.472 e. The molecule has 3 saturated heterocycles. The first-order chi connectivity index (χ1) is 31.3. The zero-order valence-corrected chi connectivity index (χ0v) is 37.3. The van der Waals surface area contributed by atoms with Crippen molar-refractivity contribution in [2.45, 2.75) is 95.7 Å². The van der Waals surface area contributed by atoms with Gasteiger partial charge in [0, 0.05) is 45.0 Å². The lowest BCUT2D eigenvalue weighted by Crippen LogP contribution is -2.43. The van der Waals surface area contributed by atoms with Crippen LogP contribution in [0.25, 0.3) is 32.9 Å². The third-order valence-electron chi connectivity index (χ3n) is 12.3. The summed E-state index contributed by atoms with van der Waals surface area (Å²) in [5.74, 6) is -1.23. The van der Waals surface area contributed by atoms with Gasteiger partial charge in [-0.3, -0.25) is 9.88 Å². The van der Waals surface area contributed by atoms with E-state index < -0.39 is 41.1 Å². The van der Waals surface area contributed by atoms with Crippen LogP contribution in [0.4, 0.5) is 18.0 Å². The van der Waals surface area contributed by atoms with E-state index in [1.165, 1.54) is 19.4 Å². The third kappa shape index (κ3) is 10.5. The minimum atomic E-state index is -0.969. The lowest BCUT2D eigenvalue weighted by molar-refractivity contribution is -0.0000259. The Labute approximate surface area is 376 Å². The van der Waals surface area contributed by atoms with Crippen LogP contribution < -0.4 is 14.2 Å². The average molecular weight is 897 g/mol. The number of methoxy groups -OCH3 is 1. The zero-order valence-electron chi connectivity index (χ0n) is 37.3. The van der Waals surface area contributed by atoms with Gasteiger partial charge in [-0.2, -0.15) is 15.2 Å². The van der Waals surface area contributed by atoms with E-state index in [0.717, 1.165) is 24.9 Å². The zero-order chi connectivity index (χ0) is 45.7. The first kappa shape index (κ1) is 45.8. The molecule has 2 aromatic heterocycles. The molecule has 0 aliphatic carbocycles. The maximum absolute atomic E-state index is 17.5. The van der Waals surface area contributed by atoms with Crippen LogP contribution in [-0.4, -0.2) is 108 Å². The summed E-state index contributed by atoms with van der Waals surface area (Å²) in [5.41, 5.74) is -0.00803. The molecule has 3 fully saturated rings. The number of aryl methyl sites for hydroxylation is 1. The quantitative estimate of drug-likeness (QED) is 0.0731. The fraction of sp³-hybridized carbons (Fsp3) is 0.490. The van der Waals surface area contributed by atoms with Gasteiger partial charge < -0.3 is 33.3 Å². The number of aromatic nitrogens is 3. The number of carbonyl (C=O) groups is 1. The van der Waals surface area contributed by atoms with Gasteiger partial charge >= 0.3 is 12.1 Å². The molecule has 4 atom stereocenters. The van der Waals surface area contributed by atoms with E-state index in [-0.39, 0.29) is 79.5 Å². The summed E-state index contributed by atoms with van der Waals surface area (Å²) in [7, 11) is 1.48. The van der Waals surface area contributed by atoms with Crippen molar-refractivity contribution in [2.75, 3.05) is 53.3 Å². The van der Waals surface area contributed by atoms with Crippen LogP contribution in [0.5, 0.6) is 17.6 Å². The maximum atomic E-state index is 17.5. The second-order valence-corrected chi connectivity index (χ2v) is 18.2. The highest BCUT2D eigenvalue weighted by Crippen LogP contribution is 2.42. The van der Waals surface area contributed by atoms with Gasteiger partial charge in [-0.15, -0.1) is 0 Å². The number of nitrogens with zero attached hydrogens (tertiary/aromatic N) is 6. The Hall–Kier alpha value is -5.76. The van der Waals surface area contributed by atoms with Crippen molar-refractivity contribution in [3.8, 4) is 35.0 Å². The van der Waals surface area contributed by atoms with Gasteiger partial charge in [0.15, 0.2) is 12.6 Å². The first-order valence-corrected chi connectivity index (χ1v) is 22.2. The Balaban J connectivity index is 1.12. The van der Waals surface area contributed by atoms with E-state index in [1.54, 1.807) is 43.9 Å². The predicted octanol–water partition coefficient (Wildman–Crippen LogP) is 9.13.